The van der Waals surface area contributed by atoms with Crippen LogP contribution in [-0.4, -0.2) is 53.1 Å². The molecule has 0 spiro atoms. The molecule has 3 atom stereocenters. The predicted octanol–water partition coefficient (Wildman–Crippen LogP) is 7.76. The molecular formula is C34H61NO6S. The summed E-state index contributed by atoms with van der Waals surface area (Å²) in [5, 5.41) is 23.1. The van der Waals surface area contributed by atoms with Crippen molar-refractivity contribution >= 4 is 16.0 Å². The Bertz CT molecular complexity index is 865. The van der Waals surface area contributed by atoms with Gasteiger partial charge in [-0.3, -0.25) is 9.35 Å². The predicted molar refractivity (Wildman–Crippen MR) is 176 cm³/mol. The van der Waals surface area contributed by atoms with Crippen LogP contribution < -0.4 is 5.32 Å². The monoisotopic (exact) mass is 611 g/mol. The van der Waals surface area contributed by atoms with Gasteiger partial charge in [-0.1, -0.05) is 120 Å². The quantitative estimate of drug-likeness (QED) is 0.0407. The summed E-state index contributed by atoms with van der Waals surface area (Å²) in [4.78, 5) is 12.4. The van der Waals surface area contributed by atoms with Crippen LogP contribution in [0.3, 0.4) is 0 Å². The number of aliphatic hydroxyl groups excluding tert-OH is 2. The van der Waals surface area contributed by atoms with E-state index in [4.69, 9.17) is 0 Å². The van der Waals surface area contributed by atoms with Gasteiger partial charge in [0, 0.05) is 0 Å². The van der Waals surface area contributed by atoms with Crippen molar-refractivity contribution in [3.63, 3.8) is 0 Å². The number of allylic oxidation sites excluding steroid dienone is 7. The zero-order valence-electron chi connectivity index (χ0n) is 26.5. The second-order valence-electron chi connectivity index (χ2n) is 11.2. The lowest BCUT2D eigenvalue weighted by Crippen LogP contribution is -2.50. The molecule has 7 nitrogen and oxygen atoms in total. The summed E-state index contributed by atoms with van der Waals surface area (Å²) < 4.78 is 32.2. The highest BCUT2D eigenvalue weighted by molar-refractivity contribution is 7.85. The van der Waals surface area contributed by atoms with E-state index in [0.717, 1.165) is 51.4 Å². The number of amides is 1. The fourth-order valence-corrected chi connectivity index (χ4v) is 5.20. The average molecular weight is 612 g/mol. The standard InChI is InChI=1S/C34H61NO6S/c1-3-5-7-9-11-13-14-15-16-17-18-19-21-22-24-26-28-32(36)31(30-42(39,40)41)35-34(38)33(37)29-27-25-23-20-12-10-8-6-4-2/h10,12,15-16,19,21,26,28,31-33,36-37H,3-9,11,13-14,17-18,20,22-25,27,29-30H2,1-2H3,(H,35,38)(H,39,40,41)/b12-10-,16-15+,21-19+,28-26+. The van der Waals surface area contributed by atoms with Crippen molar-refractivity contribution in [2.75, 3.05) is 5.75 Å². The molecule has 0 aromatic carbocycles. The molecule has 0 aliphatic carbocycles. The van der Waals surface area contributed by atoms with Crippen molar-refractivity contribution in [1.29, 1.82) is 0 Å². The number of carbonyl (C=O) groups is 1. The van der Waals surface area contributed by atoms with Crippen LogP contribution in [-0.2, 0) is 14.9 Å². The summed E-state index contributed by atoms with van der Waals surface area (Å²) in [7, 11) is -4.45. The Labute approximate surface area is 257 Å². The molecule has 4 N–H and O–H groups in total. The largest absolute Gasteiger partial charge is 0.387 e. The molecule has 0 aromatic heterocycles. The van der Waals surface area contributed by atoms with Crippen LogP contribution in [0.2, 0.25) is 0 Å². The first-order valence-electron chi connectivity index (χ1n) is 16.4. The summed E-state index contributed by atoms with van der Waals surface area (Å²) in [6, 6.07) is -1.26. The highest BCUT2D eigenvalue weighted by Gasteiger charge is 2.27. The van der Waals surface area contributed by atoms with Gasteiger partial charge in [-0.05, 0) is 64.2 Å². The van der Waals surface area contributed by atoms with Crippen LogP contribution in [0.1, 0.15) is 136 Å². The van der Waals surface area contributed by atoms with Gasteiger partial charge in [-0.25, -0.2) is 0 Å². The van der Waals surface area contributed by atoms with Crippen LogP contribution in [0, 0.1) is 0 Å². The number of unbranched alkanes of at least 4 members (excludes halogenated alkanes) is 13. The minimum Gasteiger partial charge on any atom is -0.387 e. The first-order chi connectivity index (χ1) is 20.2. The maximum absolute atomic E-state index is 12.4. The molecule has 0 rings (SSSR count). The summed E-state index contributed by atoms with van der Waals surface area (Å²) in [6.45, 7) is 4.40. The van der Waals surface area contributed by atoms with Crippen LogP contribution in [0.15, 0.2) is 48.6 Å². The average Bonchev–Trinajstić information content (AvgIpc) is 2.94. The molecule has 0 aromatic rings. The molecule has 0 saturated heterocycles. The molecule has 8 heteroatoms. The summed E-state index contributed by atoms with van der Waals surface area (Å²) >= 11 is 0. The maximum atomic E-state index is 12.4. The van der Waals surface area contributed by atoms with Crippen molar-refractivity contribution in [3.05, 3.63) is 48.6 Å². The van der Waals surface area contributed by atoms with E-state index in [1.807, 2.05) is 0 Å². The number of hydrogen-bond acceptors (Lipinski definition) is 5. The number of aliphatic hydroxyl groups is 2. The Kier molecular flexibility index (Phi) is 26.9. The van der Waals surface area contributed by atoms with Gasteiger partial charge in [0.25, 0.3) is 10.1 Å². The van der Waals surface area contributed by atoms with Crippen molar-refractivity contribution in [2.45, 2.75) is 154 Å². The number of rotatable bonds is 28. The van der Waals surface area contributed by atoms with Crippen LogP contribution >= 0.6 is 0 Å². The molecule has 3 unspecified atom stereocenters. The minimum absolute atomic E-state index is 0.247. The van der Waals surface area contributed by atoms with Crippen molar-refractivity contribution in [3.8, 4) is 0 Å². The molecule has 0 aliphatic rings. The second-order valence-corrected chi connectivity index (χ2v) is 12.7. The lowest BCUT2D eigenvalue weighted by molar-refractivity contribution is -0.130. The number of hydrogen-bond donors (Lipinski definition) is 4. The van der Waals surface area contributed by atoms with Gasteiger partial charge in [0.2, 0.25) is 5.91 Å². The van der Waals surface area contributed by atoms with Crippen molar-refractivity contribution < 1.29 is 28.0 Å². The van der Waals surface area contributed by atoms with E-state index in [1.165, 1.54) is 57.4 Å². The molecule has 1 amide bonds. The highest BCUT2D eigenvalue weighted by Crippen LogP contribution is 2.10. The highest BCUT2D eigenvalue weighted by atomic mass is 32.2. The van der Waals surface area contributed by atoms with Gasteiger partial charge in [0.05, 0.1) is 17.9 Å². The topological polar surface area (TPSA) is 124 Å². The first kappa shape index (κ1) is 40.3. The molecule has 0 saturated carbocycles. The smallest absolute Gasteiger partial charge is 0.267 e. The zero-order valence-corrected chi connectivity index (χ0v) is 27.3. The van der Waals surface area contributed by atoms with Crippen LogP contribution in [0.4, 0.5) is 0 Å². The Morgan fingerprint density at radius 3 is 1.64 bits per heavy atom. The fraction of sp³-hybridized carbons (Fsp3) is 0.735. The lowest BCUT2D eigenvalue weighted by Gasteiger charge is -2.22. The number of carbonyl (C=O) groups excluding carboxylic acids is 1. The normalized spacial score (nSPS) is 14.9. The van der Waals surface area contributed by atoms with E-state index in [-0.39, 0.29) is 6.42 Å². The molecule has 0 radical (unpaired) electrons. The summed E-state index contributed by atoms with van der Waals surface area (Å²) in [5.74, 6) is -1.59. The second kappa shape index (κ2) is 28.1. The first-order valence-corrected chi connectivity index (χ1v) is 18.1. The zero-order chi connectivity index (χ0) is 31.3. The molecule has 0 bridgehead atoms. The minimum atomic E-state index is -4.45. The van der Waals surface area contributed by atoms with Gasteiger partial charge >= 0.3 is 0 Å². The van der Waals surface area contributed by atoms with E-state index < -0.39 is 40.0 Å². The SMILES string of the molecule is CCCC/C=C\CCCCCC(O)C(=O)NC(CS(=O)(=O)O)C(O)/C=C/CC/C=C/CC/C=C/CCCCCCCC. The third-order valence-electron chi connectivity index (χ3n) is 7.06. The fourth-order valence-electron chi connectivity index (χ4n) is 4.47. The molecular weight excluding hydrogens is 550 g/mol. The van der Waals surface area contributed by atoms with E-state index >= 15 is 0 Å². The molecule has 0 aliphatic heterocycles. The molecule has 0 fully saturated rings. The lowest BCUT2D eigenvalue weighted by atomic mass is 10.1. The molecule has 0 heterocycles. The third kappa shape index (κ3) is 27.1. The number of nitrogens with one attached hydrogen (secondary N) is 1. The molecule has 244 valence electrons. The van der Waals surface area contributed by atoms with Gasteiger partial charge in [-0.2, -0.15) is 8.42 Å². The Balaban J connectivity index is 4.31. The van der Waals surface area contributed by atoms with E-state index in [2.05, 4.69) is 55.6 Å². The molecule has 42 heavy (non-hydrogen) atoms. The Morgan fingerprint density at radius 2 is 1.10 bits per heavy atom. The third-order valence-corrected chi connectivity index (χ3v) is 7.84. The van der Waals surface area contributed by atoms with Gasteiger partial charge in [-0.15, -0.1) is 0 Å². The Morgan fingerprint density at radius 1 is 0.643 bits per heavy atom. The summed E-state index contributed by atoms with van der Waals surface area (Å²) in [6.07, 6.45) is 33.2. The van der Waals surface area contributed by atoms with Gasteiger partial charge < -0.3 is 15.5 Å². The summed E-state index contributed by atoms with van der Waals surface area (Å²) in [5.41, 5.74) is 0. The van der Waals surface area contributed by atoms with Crippen LogP contribution in [0.25, 0.3) is 0 Å². The van der Waals surface area contributed by atoms with E-state index in [1.54, 1.807) is 6.08 Å². The van der Waals surface area contributed by atoms with Crippen molar-refractivity contribution in [1.82, 2.24) is 5.32 Å². The van der Waals surface area contributed by atoms with Crippen molar-refractivity contribution in [2.24, 2.45) is 0 Å². The van der Waals surface area contributed by atoms with Gasteiger partial charge in [0.1, 0.15) is 6.10 Å². The maximum Gasteiger partial charge on any atom is 0.267 e. The van der Waals surface area contributed by atoms with Crippen LogP contribution in [0.5, 0.6) is 0 Å². The van der Waals surface area contributed by atoms with Gasteiger partial charge in [0.15, 0.2) is 0 Å². The van der Waals surface area contributed by atoms with E-state index in [9.17, 15) is 28.0 Å². The van der Waals surface area contributed by atoms with E-state index in [0.29, 0.717) is 12.8 Å². The Hall–Kier alpha value is -1.74.